The minimum Gasteiger partial charge on any atom is -0.497 e. The fraction of sp³-hybridized carbons (Fsp3) is 0.120. The highest BCUT2D eigenvalue weighted by molar-refractivity contribution is 6.30. The van der Waals surface area contributed by atoms with Gasteiger partial charge in [0.15, 0.2) is 18.2 Å². The second kappa shape index (κ2) is 8.47. The van der Waals surface area contributed by atoms with Crippen LogP contribution in [0.2, 0.25) is 0 Å². The highest BCUT2D eigenvalue weighted by Gasteiger charge is 2.33. The smallest absolute Gasteiger partial charge is 0.339 e. The Labute approximate surface area is 183 Å². The molecule has 3 aromatic carbocycles. The largest absolute Gasteiger partial charge is 0.497 e. The Hall–Kier alpha value is -4.26. The molecule has 0 bridgehead atoms. The fourth-order valence-corrected chi connectivity index (χ4v) is 3.63. The topological polar surface area (TPSA) is 96.0 Å². The van der Waals surface area contributed by atoms with Crippen molar-refractivity contribution in [2.75, 3.05) is 20.8 Å². The Morgan fingerprint density at radius 1 is 0.750 bits per heavy atom. The molecule has 7 heteroatoms. The standard InChI is InChI=1S/C25H18O7/c1-30-14-10-11-17(21(12-14)31-2)20(26)13-32-25(29)19-9-5-8-18-22(19)24(28)16-7-4-3-6-15(16)23(18)27/h3-12H,13H2,1-2H3. The fourth-order valence-electron chi connectivity index (χ4n) is 3.63. The van der Waals surface area contributed by atoms with E-state index in [4.69, 9.17) is 14.2 Å². The molecule has 4 rings (SSSR count). The van der Waals surface area contributed by atoms with Crippen molar-refractivity contribution in [2.45, 2.75) is 0 Å². The van der Waals surface area contributed by atoms with Gasteiger partial charge in [-0.15, -0.1) is 0 Å². The summed E-state index contributed by atoms with van der Waals surface area (Å²) in [5, 5.41) is 0. The van der Waals surface area contributed by atoms with Crippen LogP contribution in [0.3, 0.4) is 0 Å². The average Bonchev–Trinajstić information content (AvgIpc) is 2.84. The van der Waals surface area contributed by atoms with Crippen LogP contribution in [0.15, 0.2) is 60.7 Å². The Morgan fingerprint density at radius 2 is 1.44 bits per heavy atom. The first-order valence-corrected chi connectivity index (χ1v) is 9.70. The molecule has 0 radical (unpaired) electrons. The predicted molar refractivity (Wildman–Crippen MR) is 114 cm³/mol. The zero-order valence-electron chi connectivity index (χ0n) is 17.3. The Kier molecular flexibility index (Phi) is 5.55. The summed E-state index contributed by atoms with van der Waals surface area (Å²) >= 11 is 0. The minimum absolute atomic E-state index is 0.0179. The van der Waals surface area contributed by atoms with Crippen molar-refractivity contribution in [2.24, 2.45) is 0 Å². The molecule has 0 fully saturated rings. The van der Waals surface area contributed by atoms with Gasteiger partial charge in [0.25, 0.3) is 0 Å². The monoisotopic (exact) mass is 430 g/mol. The molecule has 3 aromatic rings. The minimum atomic E-state index is -0.872. The maximum absolute atomic E-state index is 13.0. The molecule has 160 valence electrons. The highest BCUT2D eigenvalue weighted by Crippen LogP contribution is 2.30. The van der Waals surface area contributed by atoms with Crippen LogP contribution in [0.5, 0.6) is 11.5 Å². The zero-order valence-corrected chi connectivity index (χ0v) is 17.3. The number of hydrogen-bond donors (Lipinski definition) is 0. The van der Waals surface area contributed by atoms with Gasteiger partial charge in [0.1, 0.15) is 11.5 Å². The van der Waals surface area contributed by atoms with Crippen molar-refractivity contribution in [3.8, 4) is 11.5 Å². The van der Waals surface area contributed by atoms with E-state index in [9.17, 15) is 19.2 Å². The van der Waals surface area contributed by atoms with E-state index in [1.54, 1.807) is 36.4 Å². The molecule has 0 spiro atoms. The van der Waals surface area contributed by atoms with E-state index >= 15 is 0 Å². The number of methoxy groups -OCH3 is 2. The number of esters is 1. The molecule has 32 heavy (non-hydrogen) atoms. The summed E-state index contributed by atoms with van der Waals surface area (Å²) in [7, 11) is 2.90. The molecular formula is C25H18O7. The number of carbonyl (C=O) groups is 4. The Morgan fingerprint density at radius 3 is 2.12 bits per heavy atom. The summed E-state index contributed by atoms with van der Waals surface area (Å²) in [6.07, 6.45) is 0. The molecule has 1 aliphatic rings. The van der Waals surface area contributed by atoms with Gasteiger partial charge < -0.3 is 14.2 Å². The van der Waals surface area contributed by atoms with Gasteiger partial charge in [-0.3, -0.25) is 14.4 Å². The second-order valence-electron chi connectivity index (χ2n) is 7.00. The first-order valence-electron chi connectivity index (χ1n) is 9.70. The summed E-state index contributed by atoms with van der Waals surface area (Å²) in [5.41, 5.74) is 0.782. The number of ketones is 3. The number of ether oxygens (including phenoxy) is 3. The third-order valence-electron chi connectivity index (χ3n) is 5.22. The van der Waals surface area contributed by atoms with Gasteiger partial charge in [0.2, 0.25) is 5.78 Å². The zero-order chi connectivity index (χ0) is 22.8. The summed E-state index contributed by atoms with van der Waals surface area (Å²) in [4.78, 5) is 51.2. The number of Topliss-reactive ketones (excluding diaryl/α,β-unsaturated/α-hetero) is 1. The maximum Gasteiger partial charge on any atom is 0.339 e. The van der Waals surface area contributed by atoms with Crippen LogP contribution >= 0.6 is 0 Å². The van der Waals surface area contributed by atoms with Gasteiger partial charge in [-0.25, -0.2) is 4.79 Å². The Bertz CT molecular complexity index is 1270. The van der Waals surface area contributed by atoms with Gasteiger partial charge >= 0.3 is 5.97 Å². The molecule has 1 aliphatic carbocycles. The van der Waals surface area contributed by atoms with Crippen LogP contribution in [0.25, 0.3) is 0 Å². The summed E-state index contributed by atoms with van der Waals surface area (Å²) < 4.78 is 15.5. The molecule has 0 saturated heterocycles. The first kappa shape index (κ1) is 21.0. The lowest BCUT2D eigenvalue weighted by Crippen LogP contribution is -2.25. The van der Waals surface area contributed by atoms with E-state index in [1.807, 2.05) is 0 Å². The van der Waals surface area contributed by atoms with E-state index in [0.717, 1.165) is 0 Å². The molecular weight excluding hydrogens is 412 g/mol. The van der Waals surface area contributed by atoms with E-state index in [-0.39, 0.29) is 44.9 Å². The molecule has 0 amide bonds. The number of benzene rings is 3. The molecule has 0 heterocycles. The van der Waals surface area contributed by atoms with E-state index in [0.29, 0.717) is 5.75 Å². The van der Waals surface area contributed by atoms with Crippen molar-refractivity contribution < 1.29 is 33.4 Å². The van der Waals surface area contributed by atoms with Gasteiger partial charge in [-0.05, 0) is 18.2 Å². The van der Waals surface area contributed by atoms with Crippen LogP contribution in [-0.2, 0) is 4.74 Å². The van der Waals surface area contributed by atoms with Crippen LogP contribution in [0.1, 0.15) is 52.6 Å². The molecule has 0 aliphatic heterocycles. The van der Waals surface area contributed by atoms with Crippen molar-refractivity contribution in [1.82, 2.24) is 0 Å². The van der Waals surface area contributed by atoms with Gasteiger partial charge in [-0.2, -0.15) is 0 Å². The molecule has 0 aromatic heterocycles. The number of hydrogen-bond acceptors (Lipinski definition) is 7. The number of carbonyl (C=O) groups excluding carboxylic acids is 4. The highest BCUT2D eigenvalue weighted by atomic mass is 16.5. The van der Waals surface area contributed by atoms with Crippen molar-refractivity contribution in [1.29, 1.82) is 0 Å². The molecule has 0 unspecified atom stereocenters. The summed E-state index contributed by atoms with van der Waals surface area (Å²) in [6.45, 7) is -0.566. The normalized spacial score (nSPS) is 11.9. The second-order valence-corrected chi connectivity index (χ2v) is 7.00. The van der Waals surface area contributed by atoms with Crippen LogP contribution < -0.4 is 9.47 Å². The van der Waals surface area contributed by atoms with Crippen LogP contribution in [0, 0.1) is 0 Å². The van der Waals surface area contributed by atoms with Crippen molar-refractivity contribution in [3.05, 3.63) is 94.0 Å². The van der Waals surface area contributed by atoms with E-state index < -0.39 is 24.1 Å². The molecule has 0 N–H and O–H groups in total. The number of rotatable bonds is 6. The van der Waals surface area contributed by atoms with Crippen molar-refractivity contribution >= 4 is 23.3 Å². The van der Waals surface area contributed by atoms with Crippen LogP contribution in [-0.4, -0.2) is 44.1 Å². The average molecular weight is 430 g/mol. The molecule has 7 nitrogen and oxygen atoms in total. The number of fused-ring (bicyclic) bond motifs is 2. The van der Waals surface area contributed by atoms with Gasteiger partial charge in [0.05, 0.1) is 25.3 Å². The SMILES string of the molecule is COc1ccc(C(=O)COC(=O)c2cccc3c2C(=O)c2ccccc2C3=O)c(OC)c1. The third kappa shape index (κ3) is 3.54. The van der Waals surface area contributed by atoms with E-state index in [2.05, 4.69) is 0 Å². The van der Waals surface area contributed by atoms with Crippen molar-refractivity contribution in [3.63, 3.8) is 0 Å². The molecule has 0 saturated carbocycles. The first-order chi connectivity index (χ1) is 15.5. The lowest BCUT2D eigenvalue weighted by molar-refractivity contribution is 0.0472. The molecule has 0 atom stereocenters. The van der Waals surface area contributed by atoms with Gasteiger partial charge in [-0.1, -0.05) is 36.4 Å². The summed E-state index contributed by atoms with van der Waals surface area (Å²) in [6, 6.07) is 15.5. The predicted octanol–water partition coefficient (Wildman–Crippen LogP) is 3.52. The Balaban J connectivity index is 1.59. The quantitative estimate of drug-likeness (QED) is 0.341. The maximum atomic E-state index is 13.0. The van der Waals surface area contributed by atoms with Gasteiger partial charge in [0, 0.05) is 28.3 Å². The summed E-state index contributed by atoms with van der Waals surface area (Å²) in [5.74, 6) is -1.36. The lowest BCUT2D eigenvalue weighted by atomic mass is 9.82. The third-order valence-corrected chi connectivity index (χ3v) is 5.22. The van der Waals surface area contributed by atoms with E-state index in [1.165, 1.54) is 38.5 Å². The van der Waals surface area contributed by atoms with Crippen LogP contribution in [0.4, 0.5) is 0 Å². The lowest BCUT2D eigenvalue weighted by Gasteiger charge is -2.19.